The number of aryl methyl sites for hydroxylation is 1. The van der Waals surface area contributed by atoms with E-state index in [0.717, 1.165) is 18.0 Å². The summed E-state index contributed by atoms with van der Waals surface area (Å²) in [6.07, 6.45) is 3.31. The summed E-state index contributed by atoms with van der Waals surface area (Å²) in [5, 5.41) is 4.28. The van der Waals surface area contributed by atoms with Gasteiger partial charge in [0.2, 0.25) is 0 Å². The molecule has 2 aromatic heterocycles. The molecule has 0 aliphatic carbocycles. The van der Waals surface area contributed by atoms with Crippen molar-refractivity contribution in [2.45, 2.75) is 53.8 Å². The van der Waals surface area contributed by atoms with Crippen LogP contribution < -0.4 is 0 Å². The summed E-state index contributed by atoms with van der Waals surface area (Å²) in [7, 11) is 0. The van der Waals surface area contributed by atoms with Gasteiger partial charge >= 0.3 is 0 Å². The predicted molar refractivity (Wildman–Crippen MR) is 85.5 cm³/mol. The van der Waals surface area contributed by atoms with Crippen molar-refractivity contribution >= 4 is 5.91 Å². The second-order valence-corrected chi connectivity index (χ2v) is 5.96. The van der Waals surface area contributed by atoms with Crippen LogP contribution in [0.3, 0.4) is 0 Å². The summed E-state index contributed by atoms with van der Waals surface area (Å²) in [5.74, 6) is 1.16. The smallest absolute Gasteiger partial charge is 0.257 e. The van der Waals surface area contributed by atoms with E-state index in [4.69, 9.17) is 4.42 Å². The molecule has 0 saturated heterocycles. The number of hydrogen-bond acceptors (Lipinski definition) is 3. The number of aromatic nitrogens is 2. The molecule has 1 atom stereocenters. The summed E-state index contributed by atoms with van der Waals surface area (Å²) in [6, 6.07) is 3.86. The van der Waals surface area contributed by atoms with Gasteiger partial charge in [-0.05, 0) is 38.8 Å². The van der Waals surface area contributed by atoms with Crippen molar-refractivity contribution in [2.75, 3.05) is 0 Å². The quantitative estimate of drug-likeness (QED) is 0.821. The lowest BCUT2D eigenvalue weighted by Gasteiger charge is -2.31. The van der Waals surface area contributed by atoms with E-state index in [1.807, 2.05) is 35.6 Å². The number of rotatable bonds is 6. The van der Waals surface area contributed by atoms with Crippen LogP contribution in [0.25, 0.3) is 0 Å². The lowest BCUT2D eigenvalue weighted by Crippen LogP contribution is -2.41. The van der Waals surface area contributed by atoms with E-state index >= 15 is 0 Å². The van der Waals surface area contributed by atoms with Gasteiger partial charge in [-0.1, -0.05) is 13.8 Å². The van der Waals surface area contributed by atoms with Gasteiger partial charge in [-0.2, -0.15) is 5.10 Å². The van der Waals surface area contributed by atoms with Crippen LogP contribution in [0, 0.1) is 12.8 Å². The molecule has 120 valence electrons. The zero-order valence-corrected chi connectivity index (χ0v) is 14.0. The first kappa shape index (κ1) is 16.3. The lowest BCUT2D eigenvalue weighted by molar-refractivity contribution is 0.0610. The second-order valence-electron chi connectivity index (χ2n) is 5.96. The van der Waals surface area contributed by atoms with E-state index in [-0.39, 0.29) is 11.9 Å². The van der Waals surface area contributed by atoms with Gasteiger partial charge in [-0.15, -0.1) is 0 Å². The molecule has 0 aromatic carbocycles. The fourth-order valence-corrected chi connectivity index (χ4v) is 2.46. The molecule has 0 fully saturated rings. The minimum atomic E-state index is 0.00907. The van der Waals surface area contributed by atoms with E-state index in [1.54, 1.807) is 12.5 Å². The van der Waals surface area contributed by atoms with Crippen LogP contribution in [0.5, 0.6) is 0 Å². The van der Waals surface area contributed by atoms with Gasteiger partial charge in [0.05, 0.1) is 24.6 Å². The molecule has 0 aliphatic rings. The minimum absolute atomic E-state index is 0.00907. The molecule has 0 bridgehead atoms. The number of hydrogen-bond donors (Lipinski definition) is 0. The maximum Gasteiger partial charge on any atom is 0.257 e. The van der Waals surface area contributed by atoms with Gasteiger partial charge in [-0.25, -0.2) is 0 Å². The number of carbonyl (C=O) groups is 1. The standard InChI is InChI=1S/C17H25N3O2/c1-6-20-14(5)16(10-18-20)17(21)19(13(4)12(2)3)11-15-8-7-9-22-15/h7-10,12-13H,6,11H2,1-5H3/t13-/m0/s1. The van der Waals surface area contributed by atoms with Gasteiger partial charge in [0.15, 0.2) is 0 Å². The van der Waals surface area contributed by atoms with Crippen LogP contribution in [0.1, 0.15) is 49.5 Å². The Bertz CT molecular complexity index is 614. The molecule has 22 heavy (non-hydrogen) atoms. The van der Waals surface area contributed by atoms with Crippen LogP contribution in [0.4, 0.5) is 0 Å². The first-order chi connectivity index (χ1) is 10.5. The van der Waals surface area contributed by atoms with Crippen molar-refractivity contribution in [3.63, 3.8) is 0 Å². The Balaban J connectivity index is 2.30. The highest BCUT2D eigenvalue weighted by atomic mass is 16.3. The predicted octanol–water partition coefficient (Wildman–Crippen LogP) is 3.49. The number of nitrogens with zero attached hydrogens (tertiary/aromatic N) is 3. The van der Waals surface area contributed by atoms with Crippen molar-refractivity contribution < 1.29 is 9.21 Å². The normalized spacial score (nSPS) is 12.6. The minimum Gasteiger partial charge on any atom is -0.467 e. The van der Waals surface area contributed by atoms with Crippen molar-refractivity contribution in [1.29, 1.82) is 0 Å². The van der Waals surface area contributed by atoms with Crippen molar-refractivity contribution in [3.8, 4) is 0 Å². The molecule has 5 heteroatoms. The Kier molecular flexibility index (Phi) is 5.06. The average Bonchev–Trinajstić information content (AvgIpc) is 3.12. The summed E-state index contributed by atoms with van der Waals surface area (Å²) in [6.45, 7) is 11.5. The van der Waals surface area contributed by atoms with Gasteiger partial charge in [0.25, 0.3) is 5.91 Å². The molecule has 0 spiro atoms. The van der Waals surface area contributed by atoms with Gasteiger partial charge in [0.1, 0.15) is 5.76 Å². The highest BCUT2D eigenvalue weighted by Gasteiger charge is 2.27. The van der Waals surface area contributed by atoms with Gasteiger partial charge in [0, 0.05) is 18.3 Å². The molecule has 0 saturated carbocycles. The Labute approximate surface area is 131 Å². The topological polar surface area (TPSA) is 51.3 Å². The molecule has 0 unspecified atom stereocenters. The number of carbonyl (C=O) groups excluding carboxylic acids is 1. The Morgan fingerprint density at radius 2 is 2.14 bits per heavy atom. The molecule has 0 N–H and O–H groups in total. The lowest BCUT2D eigenvalue weighted by atomic mass is 10.0. The van der Waals surface area contributed by atoms with Crippen LogP contribution in [-0.2, 0) is 13.1 Å². The van der Waals surface area contributed by atoms with E-state index in [9.17, 15) is 4.79 Å². The number of amides is 1. The van der Waals surface area contributed by atoms with E-state index in [2.05, 4.69) is 25.9 Å². The van der Waals surface area contributed by atoms with Crippen LogP contribution in [0.15, 0.2) is 29.0 Å². The fourth-order valence-electron chi connectivity index (χ4n) is 2.46. The molecule has 2 heterocycles. The molecule has 2 aromatic rings. The second kappa shape index (κ2) is 6.81. The molecule has 0 radical (unpaired) electrons. The highest BCUT2D eigenvalue weighted by Crippen LogP contribution is 2.20. The Morgan fingerprint density at radius 3 is 2.64 bits per heavy atom. The Hall–Kier alpha value is -2.04. The van der Waals surface area contributed by atoms with Crippen molar-refractivity contribution in [3.05, 3.63) is 41.6 Å². The van der Waals surface area contributed by atoms with Gasteiger partial charge < -0.3 is 9.32 Å². The largest absolute Gasteiger partial charge is 0.467 e. The van der Waals surface area contributed by atoms with E-state index in [0.29, 0.717) is 18.0 Å². The van der Waals surface area contributed by atoms with Crippen LogP contribution >= 0.6 is 0 Å². The third-order valence-corrected chi connectivity index (χ3v) is 4.26. The summed E-state index contributed by atoms with van der Waals surface area (Å²) in [4.78, 5) is 14.9. The van der Waals surface area contributed by atoms with Crippen LogP contribution in [0.2, 0.25) is 0 Å². The van der Waals surface area contributed by atoms with E-state index < -0.39 is 0 Å². The fraction of sp³-hybridized carbons (Fsp3) is 0.529. The van der Waals surface area contributed by atoms with Gasteiger partial charge in [-0.3, -0.25) is 9.48 Å². The van der Waals surface area contributed by atoms with E-state index in [1.165, 1.54) is 0 Å². The molecule has 1 amide bonds. The third-order valence-electron chi connectivity index (χ3n) is 4.26. The SMILES string of the molecule is CCn1ncc(C(=O)N(Cc2ccco2)[C@@H](C)C(C)C)c1C. The summed E-state index contributed by atoms with van der Waals surface area (Å²) in [5.41, 5.74) is 1.58. The molecular weight excluding hydrogens is 278 g/mol. The third kappa shape index (κ3) is 3.24. The molecule has 0 aliphatic heterocycles. The number of furan rings is 1. The zero-order valence-electron chi connectivity index (χ0n) is 14.0. The summed E-state index contributed by atoms with van der Waals surface area (Å²) >= 11 is 0. The first-order valence-electron chi connectivity index (χ1n) is 7.81. The van der Waals surface area contributed by atoms with Crippen molar-refractivity contribution in [1.82, 2.24) is 14.7 Å². The highest BCUT2D eigenvalue weighted by molar-refractivity contribution is 5.95. The molecule has 5 nitrogen and oxygen atoms in total. The maximum atomic E-state index is 13.0. The average molecular weight is 303 g/mol. The molecule has 2 rings (SSSR count). The monoisotopic (exact) mass is 303 g/mol. The zero-order chi connectivity index (χ0) is 16.3. The Morgan fingerprint density at radius 1 is 1.41 bits per heavy atom. The first-order valence-corrected chi connectivity index (χ1v) is 7.81. The molecular formula is C17H25N3O2. The van der Waals surface area contributed by atoms with Crippen LogP contribution in [-0.4, -0.2) is 26.6 Å². The van der Waals surface area contributed by atoms with Crippen molar-refractivity contribution in [2.24, 2.45) is 5.92 Å². The maximum absolute atomic E-state index is 13.0. The summed E-state index contributed by atoms with van der Waals surface area (Å²) < 4.78 is 7.27.